The number of alkyl halides is 1. The highest BCUT2D eigenvalue weighted by Crippen LogP contribution is 2.17. The summed E-state index contributed by atoms with van der Waals surface area (Å²) in [6.45, 7) is 1.95. The van der Waals surface area contributed by atoms with E-state index in [0.717, 1.165) is 5.56 Å². The third kappa shape index (κ3) is 4.33. The van der Waals surface area contributed by atoms with Crippen LogP contribution in [-0.2, 0) is 0 Å². The zero-order valence-corrected chi connectivity index (χ0v) is 12.4. The first-order chi connectivity index (χ1) is 10.1. The second-order valence-corrected chi connectivity index (χ2v) is 4.87. The van der Waals surface area contributed by atoms with Crippen molar-refractivity contribution in [2.45, 2.75) is 6.92 Å². The molecule has 0 bridgehead atoms. The lowest BCUT2D eigenvalue weighted by Gasteiger charge is -2.06. The van der Waals surface area contributed by atoms with E-state index in [1.54, 1.807) is 30.3 Å². The Morgan fingerprint density at radius 1 is 1.24 bits per heavy atom. The summed E-state index contributed by atoms with van der Waals surface area (Å²) in [6.07, 6.45) is 0. The minimum Gasteiger partial charge on any atom is -0.386 e. The second-order valence-electron chi connectivity index (χ2n) is 4.61. The van der Waals surface area contributed by atoms with E-state index >= 15 is 0 Å². The molecule has 1 amide bonds. The maximum Gasteiger partial charge on any atom is 0.255 e. The molecule has 0 aliphatic carbocycles. The molecule has 0 unspecified atom stereocenters. The van der Waals surface area contributed by atoms with Crippen LogP contribution < -0.4 is 11.1 Å². The van der Waals surface area contributed by atoms with Crippen molar-refractivity contribution in [2.24, 2.45) is 10.7 Å². The number of amidine groups is 1. The lowest BCUT2D eigenvalue weighted by atomic mass is 10.1. The molecular weight excluding hydrogens is 286 g/mol. The molecule has 2 aromatic carbocycles. The molecule has 2 aromatic rings. The molecule has 0 aliphatic rings. The molecule has 3 N–H and O–H groups in total. The van der Waals surface area contributed by atoms with E-state index in [4.69, 9.17) is 17.3 Å². The quantitative estimate of drug-likeness (QED) is 0.516. The highest BCUT2D eigenvalue weighted by atomic mass is 35.5. The van der Waals surface area contributed by atoms with Gasteiger partial charge in [-0.2, -0.15) is 0 Å². The van der Waals surface area contributed by atoms with Gasteiger partial charge < -0.3 is 11.1 Å². The average Bonchev–Trinajstić information content (AvgIpc) is 2.49. The standard InChI is InChI=1S/C16H16ClN3O/c1-11-3-2-4-12(9-11)16(21)20-14-7-5-13(6-8-14)19-15(18)10-17/h2-9H,10H2,1H3,(H2,18,19)(H,20,21). The summed E-state index contributed by atoms with van der Waals surface area (Å²) in [7, 11) is 0. The van der Waals surface area contributed by atoms with E-state index in [2.05, 4.69) is 10.3 Å². The van der Waals surface area contributed by atoms with Gasteiger partial charge in [0.15, 0.2) is 0 Å². The SMILES string of the molecule is Cc1cccc(C(=O)Nc2ccc(N=C(N)CCl)cc2)c1. The monoisotopic (exact) mass is 301 g/mol. The zero-order chi connectivity index (χ0) is 15.2. The third-order valence-electron chi connectivity index (χ3n) is 2.82. The van der Waals surface area contributed by atoms with Gasteiger partial charge in [-0.15, -0.1) is 11.6 Å². The summed E-state index contributed by atoms with van der Waals surface area (Å²) < 4.78 is 0. The molecule has 0 aromatic heterocycles. The summed E-state index contributed by atoms with van der Waals surface area (Å²) in [6, 6.07) is 14.5. The number of carbonyl (C=O) groups is 1. The number of hydrogen-bond donors (Lipinski definition) is 2. The van der Waals surface area contributed by atoms with Gasteiger partial charge in [0.2, 0.25) is 0 Å². The predicted molar refractivity (Wildman–Crippen MR) is 87.6 cm³/mol. The highest BCUT2D eigenvalue weighted by Gasteiger charge is 2.05. The molecule has 0 heterocycles. The van der Waals surface area contributed by atoms with E-state index < -0.39 is 0 Å². The molecule has 0 atom stereocenters. The number of halogens is 1. The highest BCUT2D eigenvalue weighted by molar-refractivity contribution is 6.28. The molecule has 0 spiro atoms. The van der Waals surface area contributed by atoms with Crippen molar-refractivity contribution in [1.29, 1.82) is 0 Å². The maximum absolute atomic E-state index is 12.1. The van der Waals surface area contributed by atoms with Gasteiger partial charge in [-0.1, -0.05) is 17.7 Å². The van der Waals surface area contributed by atoms with Crippen LogP contribution in [0.3, 0.4) is 0 Å². The Kier molecular flexibility index (Phi) is 4.95. The Morgan fingerprint density at radius 3 is 2.57 bits per heavy atom. The van der Waals surface area contributed by atoms with E-state index in [9.17, 15) is 4.79 Å². The maximum atomic E-state index is 12.1. The van der Waals surface area contributed by atoms with E-state index in [-0.39, 0.29) is 11.8 Å². The average molecular weight is 302 g/mol. The van der Waals surface area contributed by atoms with Crippen LogP contribution in [0.2, 0.25) is 0 Å². The molecule has 5 heteroatoms. The Labute approximate surface area is 128 Å². The van der Waals surface area contributed by atoms with Crippen molar-refractivity contribution in [2.75, 3.05) is 11.2 Å². The number of nitrogens with one attached hydrogen (secondary N) is 1. The number of amides is 1. The Morgan fingerprint density at radius 2 is 1.95 bits per heavy atom. The Hall–Kier alpha value is -2.33. The number of carbonyl (C=O) groups excluding carboxylic acids is 1. The van der Waals surface area contributed by atoms with Crippen LogP contribution >= 0.6 is 11.6 Å². The van der Waals surface area contributed by atoms with Crippen LogP contribution in [0, 0.1) is 6.92 Å². The summed E-state index contributed by atoms with van der Waals surface area (Å²) in [5.41, 5.74) is 8.63. The number of benzene rings is 2. The van der Waals surface area contributed by atoms with Crippen molar-refractivity contribution in [3.05, 3.63) is 59.7 Å². The molecule has 0 radical (unpaired) electrons. The van der Waals surface area contributed by atoms with Crippen LogP contribution in [0.15, 0.2) is 53.5 Å². The third-order valence-corrected chi connectivity index (χ3v) is 3.09. The molecule has 0 saturated heterocycles. The van der Waals surface area contributed by atoms with Gasteiger partial charge in [0.05, 0.1) is 11.6 Å². The zero-order valence-electron chi connectivity index (χ0n) is 11.6. The largest absolute Gasteiger partial charge is 0.386 e. The van der Waals surface area contributed by atoms with Gasteiger partial charge in [-0.3, -0.25) is 4.79 Å². The Bertz CT molecular complexity index is 665. The topological polar surface area (TPSA) is 67.5 Å². The van der Waals surface area contributed by atoms with Gasteiger partial charge in [-0.25, -0.2) is 4.99 Å². The number of nitrogens with two attached hydrogens (primary N) is 1. The molecule has 108 valence electrons. The molecule has 0 aliphatic heterocycles. The number of aryl methyl sites for hydroxylation is 1. The van der Waals surface area contributed by atoms with E-state index in [1.165, 1.54) is 0 Å². The molecular formula is C16H16ClN3O. The fourth-order valence-corrected chi connectivity index (χ4v) is 1.86. The van der Waals surface area contributed by atoms with E-state index in [0.29, 0.717) is 22.8 Å². The van der Waals surface area contributed by atoms with Gasteiger partial charge in [0.25, 0.3) is 5.91 Å². The Balaban J connectivity index is 2.08. The van der Waals surface area contributed by atoms with Crippen molar-refractivity contribution < 1.29 is 4.79 Å². The molecule has 4 nitrogen and oxygen atoms in total. The molecule has 0 fully saturated rings. The molecule has 2 rings (SSSR count). The normalized spacial score (nSPS) is 11.2. The van der Waals surface area contributed by atoms with Crippen molar-refractivity contribution in [3.8, 4) is 0 Å². The van der Waals surface area contributed by atoms with Crippen LogP contribution in [0.5, 0.6) is 0 Å². The van der Waals surface area contributed by atoms with E-state index in [1.807, 2.05) is 25.1 Å². The minimum atomic E-state index is -0.143. The number of rotatable bonds is 4. The smallest absolute Gasteiger partial charge is 0.255 e. The van der Waals surface area contributed by atoms with Gasteiger partial charge in [0, 0.05) is 11.3 Å². The van der Waals surface area contributed by atoms with Crippen molar-refractivity contribution >= 4 is 34.7 Å². The first-order valence-electron chi connectivity index (χ1n) is 6.45. The summed E-state index contributed by atoms with van der Waals surface area (Å²) in [4.78, 5) is 16.2. The number of aliphatic imine (C=N–C) groups is 1. The summed E-state index contributed by atoms with van der Waals surface area (Å²) in [5.74, 6) is 0.398. The predicted octanol–water partition coefficient (Wildman–Crippen LogP) is 3.47. The molecule has 0 saturated carbocycles. The fraction of sp³-hybridized carbons (Fsp3) is 0.125. The first-order valence-corrected chi connectivity index (χ1v) is 6.99. The van der Waals surface area contributed by atoms with Gasteiger partial charge in [0.1, 0.15) is 5.84 Å². The molecule has 21 heavy (non-hydrogen) atoms. The lowest BCUT2D eigenvalue weighted by Crippen LogP contribution is -2.12. The van der Waals surface area contributed by atoms with Gasteiger partial charge in [-0.05, 0) is 43.3 Å². The summed E-state index contributed by atoms with van der Waals surface area (Å²) >= 11 is 5.57. The number of anilines is 1. The van der Waals surface area contributed by atoms with Crippen LogP contribution in [-0.4, -0.2) is 17.6 Å². The first kappa shape index (κ1) is 15.1. The van der Waals surface area contributed by atoms with Crippen LogP contribution in [0.4, 0.5) is 11.4 Å². The second kappa shape index (κ2) is 6.90. The fourth-order valence-electron chi connectivity index (χ4n) is 1.80. The summed E-state index contributed by atoms with van der Waals surface area (Å²) in [5, 5.41) is 2.84. The van der Waals surface area contributed by atoms with Gasteiger partial charge >= 0.3 is 0 Å². The van der Waals surface area contributed by atoms with Crippen LogP contribution in [0.25, 0.3) is 0 Å². The number of hydrogen-bond acceptors (Lipinski definition) is 2. The van der Waals surface area contributed by atoms with Crippen molar-refractivity contribution in [1.82, 2.24) is 0 Å². The minimum absolute atomic E-state index is 0.143. The van der Waals surface area contributed by atoms with Crippen molar-refractivity contribution in [3.63, 3.8) is 0 Å². The lowest BCUT2D eigenvalue weighted by molar-refractivity contribution is 0.102. The van der Waals surface area contributed by atoms with Crippen LogP contribution in [0.1, 0.15) is 15.9 Å². The number of nitrogens with zero attached hydrogens (tertiary/aromatic N) is 1.